The summed E-state index contributed by atoms with van der Waals surface area (Å²) in [6, 6.07) is 16.4. The number of azo groups is 1. The second kappa shape index (κ2) is 16.5. The molecular weight excluding hydrogens is 430 g/mol. The zero-order chi connectivity index (χ0) is 25.4. The first kappa shape index (κ1) is 29.0. The van der Waals surface area contributed by atoms with Crippen LogP contribution in [0.25, 0.3) is 0 Å². The fourth-order valence-corrected chi connectivity index (χ4v) is 4.20. The number of nitrogens with zero attached hydrogens (tertiary/aromatic N) is 3. The molecule has 0 bridgehead atoms. The molecule has 0 N–H and O–H groups in total. The lowest BCUT2D eigenvalue weighted by molar-refractivity contribution is -0.870. The highest BCUT2D eigenvalue weighted by molar-refractivity contribution is 5.43. The minimum atomic E-state index is 0.290. The van der Waals surface area contributed by atoms with Crippen LogP contribution in [0.1, 0.15) is 90.0 Å². The van der Waals surface area contributed by atoms with Gasteiger partial charge in [-0.15, -0.1) is 0 Å². The highest BCUT2D eigenvalue weighted by atomic mass is 16.5. The Morgan fingerprint density at radius 1 is 0.686 bits per heavy atom. The van der Waals surface area contributed by atoms with Gasteiger partial charge in [0, 0.05) is 0 Å². The lowest BCUT2D eigenvalue weighted by atomic mass is 10.0. The van der Waals surface area contributed by atoms with Crippen LogP contribution in [0.15, 0.2) is 58.8 Å². The van der Waals surface area contributed by atoms with Crippen molar-refractivity contribution in [3.63, 3.8) is 0 Å². The molecule has 4 nitrogen and oxygen atoms in total. The quantitative estimate of drug-likeness (QED) is 0.119. The maximum absolute atomic E-state index is 6.24. The normalized spacial score (nSPS) is 12.8. The van der Waals surface area contributed by atoms with Gasteiger partial charge < -0.3 is 9.22 Å². The summed E-state index contributed by atoms with van der Waals surface area (Å²) in [5.74, 6) is 0.924. The molecule has 0 heterocycles. The Balaban J connectivity index is 1.65. The molecule has 2 aromatic rings. The molecule has 0 aliphatic rings. The Morgan fingerprint density at radius 3 is 1.77 bits per heavy atom. The molecule has 2 aromatic carbocycles. The monoisotopic (exact) mass is 480 g/mol. The summed E-state index contributed by atoms with van der Waals surface area (Å²) in [5, 5.41) is 8.77. The molecule has 35 heavy (non-hydrogen) atoms. The first-order chi connectivity index (χ1) is 16.9. The number of ether oxygens (including phenoxy) is 1. The third kappa shape index (κ3) is 13.5. The zero-order valence-electron chi connectivity index (χ0n) is 23.1. The first-order valence-electron chi connectivity index (χ1n) is 14.0. The number of hydrogen-bond donors (Lipinski definition) is 0. The van der Waals surface area contributed by atoms with Crippen LogP contribution in [0, 0.1) is 0 Å². The standard InChI is InChI=1S/C31H50N3O/c1-6-8-16-27-18-20-28(21-19-27)32-33-29-22-24-31(25-23-29)35-30(7-2)17-14-12-10-9-11-13-15-26-34(3,4)5/h18-25,30H,6-17,26H2,1-5H3/q+1. The molecule has 0 aliphatic heterocycles. The van der Waals surface area contributed by atoms with E-state index in [1.165, 1.54) is 69.9 Å². The van der Waals surface area contributed by atoms with Crippen molar-refractivity contribution in [3.8, 4) is 5.75 Å². The van der Waals surface area contributed by atoms with Gasteiger partial charge in [-0.3, -0.25) is 0 Å². The Labute approximate surface area is 215 Å². The van der Waals surface area contributed by atoms with Crippen LogP contribution >= 0.6 is 0 Å². The second-order valence-corrected chi connectivity index (χ2v) is 10.9. The van der Waals surface area contributed by atoms with E-state index < -0.39 is 0 Å². The van der Waals surface area contributed by atoms with Crippen molar-refractivity contribution in [1.29, 1.82) is 0 Å². The number of aryl methyl sites for hydroxylation is 1. The smallest absolute Gasteiger partial charge is 0.119 e. The van der Waals surface area contributed by atoms with Crippen LogP contribution in [0.2, 0.25) is 0 Å². The van der Waals surface area contributed by atoms with Gasteiger partial charge in [0.1, 0.15) is 5.75 Å². The first-order valence-corrected chi connectivity index (χ1v) is 14.0. The van der Waals surface area contributed by atoms with Gasteiger partial charge in [-0.1, -0.05) is 58.1 Å². The summed E-state index contributed by atoms with van der Waals surface area (Å²) < 4.78 is 7.33. The van der Waals surface area contributed by atoms with Crippen molar-refractivity contribution < 1.29 is 9.22 Å². The molecule has 194 valence electrons. The summed E-state index contributed by atoms with van der Waals surface area (Å²) in [4.78, 5) is 0. The summed E-state index contributed by atoms with van der Waals surface area (Å²) in [7, 11) is 6.84. The molecular formula is C31H50N3O+. The van der Waals surface area contributed by atoms with Crippen LogP contribution in [-0.4, -0.2) is 38.3 Å². The Hall–Kier alpha value is -2.20. The topological polar surface area (TPSA) is 34.0 Å². The average molecular weight is 481 g/mol. The number of hydrogen-bond acceptors (Lipinski definition) is 3. The van der Waals surface area contributed by atoms with Gasteiger partial charge in [0.15, 0.2) is 0 Å². The summed E-state index contributed by atoms with van der Waals surface area (Å²) in [5.41, 5.74) is 3.10. The number of benzene rings is 2. The van der Waals surface area contributed by atoms with E-state index in [0.717, 1.165) is 40.9 Å². The van der Waals surface area contributed by atoms with E-state index in [0.29, 0.717) is 6.10 Å². The zero-order valence-corrected chi connectivity index (χ0v) is 23.1. The van der Waals surface area contributed by atoms with E-state index in [4.69, 9.17) is 4.74 Å². The van der Waals surface area contributed by atoms with E-state index >= 15 is 0 Å². The van der Waals surface area contributed by atoms with Crippen LogP contribution in [0.3, 0.4) is 0 Å². The van der Waals surface area contributed by atoms with Gasteiger partial charge >= 0.3 is 0 Å². The number of unbranched alkanes of at least 4 members (excludes halogenated alkanes) is 7. The number of quaternary nitrogens is 1. The molecule has 0 aromatic heterocycles. The van der Waals surface area contributed by atoms with E-state index in [2.05, 4.69) is 57.4 Å². The van der Waals surface area contributed by atoms with Crippen molar-refractivity contribution in [3.05, 3.63) is 54.1 Å². The molecule has 0 saturated carbocycles. The van der Waals surface area contributed by atoms with Gasteiger partial charge in [0.25, 0.3) is 0 Å². The molecule has 1 unspecified atom stereocenters. The third-order valence-corrected chi connectivity index (χ3v) is 6.49. The van der Waals surface area contributed by atoms with Crippen LogP contribution in [-0.2, 0) is 6.42 Å². The Morgan fingerprint density at radius 2 is 1.23 bits per heavy atom. The Bertz CT molecular complexity index is 822. The summed E-state index contributed by atoms with van der Waals surface area (Å²) in [6.45, 7) is 5.72. The van der Waals surface area contributed by atoms with Crippen LogP contribution in [0.4, 0.5) is 11.4 Å². The molecule has 0 saturated heterocycles. The number of rotatable bonds is 18. The van der Waals surface area contributed by atoms with Gasteiger partial charge in [-0.2, -0.15) is 10.2 Å². The third-order valence-electron chi connectivity index (χ3n) is 6.49. The molecule has 1 atom stereocenters. The lowest BCUT2D eigenvalue weighted by Crippen LogP contribution is -2.35. The molecule has 2 rings (SSSR count). The molecule has 0 amide bonds. The van der Waals surface area contributed by atoms with E-state index in [1.54, 1.807) is 0 Å². The molecule has 0 fully saturated rings. The minimum Gasteiger partial charge on any atom is -0.490 e. The van der Waals surface area contributed by atoms with E-state index in [1.807, 2.05) is 36.4 Å². The van der Waals surface area contributed by atoms with Crippen molar-refractivity contribution >= 4 is 11.4 Å². The van der Waals surface area contributed by atoms with E-state index in [-0.39, 0.29) is 0 Å². The van der Waals surface area contributed by atoms with Crippen molar-refractivity contribution in [2.75, 3.05) is 27.7 Å². The predicted octanol–water partition coefficient (Wildman–Crippen LogP) is 9.43. The largest absolute Gasteiger partial charge is 0.490 e. The maximum Gasteiger partial charge on any atom is 0.119 e. The summed E-state index contributed by atoms with van der Waals surface area (Å²) in [6.07, 6.45) is 15.4. The molecule has 4 heteroatoms. The SMILES string of the molecule is CCCCc1ccc(N=Nc2ccc(OC(CC)CCCCCCCCC[N+](C)(C)C)cc2)cc1. The van der Waals surface area contributed by atoms with Gasteiger partial charge in [-0.05, 0) is 86.9 Å². The minimum absolute atomic E-state index is 0.290. The average Bonchev–Trinajstić information content (AvgIpc) is 2.85. The van der Waals surface area contributed by atoms with Crippen molar-refractivity contribution in [2.24, 2.45) is 10.2 Å². The lowest BCUT2D eigenvalue weighted by Gasteiger charge is -2.23. The fraction of sp³-hybridized carbons (Fsp3) is 0.613. The van der Waals surface area contributed by atoms with E-state index in [9.17, 15) is 0 Å². The highest BCUT2D eigenvalue weighted by Crippen LogP contribution is 2.24. The van der Waals surface area contributed by atoms with Crippen LogP contribution < -0.4 is 4.74 Å². The fourth-order valence-electron chi connectivity index (χ4n) is 4.20. The second-order valence-electron chi connectivity index (χ2n) is 10.9. The molecule has 0 spiro atoms. The van der Waals surface area contributed by atoms with Crippen molar-refractivity contribution in [1.82, 2.24) is 0 Å². The van der Waals surface area contributed by atoms with Gasteiger partial charge in [0.2, 0.25) is 0 Å². The predicted molar refractivity (Wildman–Crippen MR) is 150 cm³/mol. The summed E-state index contributed by atoms with van der Waals surface area (Å²) >= 11 is 0. The van der Waals surface area contributed by atoms with Gasteiger partial charge in [0.05, 0.1) is 45.2 Å². The van der Waals surface area contributed by atoms with Crippen molar-refractivity contribution in [2.45, 2.75) is 97.0 Å². The highest BCUT2D eigenvalue weighted by Gasteiger charge is 2.09. The van der Waals surface area contributed by atoms with Gasteiger partial charge in [-0.25, -0.2) is 0 Å². The Kier molecular flexibility index (Phi) is 13.7. The molecule has 0 aliphatic carbocycles. The maximum atomic E-state index is 6.24. The van der Waals surface area contributed by atoms with Crippen LogP contribution in [0.5, 0.6) is 5.75 Å². The molecule has 0 radical (unpaired) electrons.